The minimum atomic E-state index is 0.757. The van der Waals surface area contributed by atoms with E-state index in [1.165, 1.54) is 36.8 Å². The summed E-state index contributed by atoms with van der Waals surface area (Å²) in [6.45, 7) is 0.757. The molecule has 0 unspecified atom stereocenters. The lowest BCUT2D eigenvalue weighted by Crippen LogP contribution is -2.10. The second-order valence-corrected chi connectivity index (χ2v) is 4.48. The van der Waals surface area contributed by atoms with Crippen LogP contribution in [0.4, 0.5) is 0 Å². The average Bonchev–Trinajstić information content (AvgIpc) is 2.35. The molecule has 0 aliphatic heterocycles. The number of fused-ring (bicyclic) bond motifs is 1. The second kappa shape index (κ2) is 5.35. The Kier molecular flexibility index (Phi) is 3.83. The third-order valence-electron chi connectivity index (χ3n) is 3.46. The Morgan fingerprint density at radius 1 is 1.25 bits per heavy atom. The third kappa shape index (κ3) is 2.22. The van der Waals surface area contributed by atoms with Gasteiger partial charge in [-0.05, 0) is 67.8 Å². The molecule has 0 saturated carbocycles. The van der Waals surface area contributed by atoms with E-state index in [1.807, 2.05) is 0 Å². The number of hydrogen-bond donors (Lipinski definition) is 1. The van der Waals surface area contributed by atoms with E-state index in [0.29, 0.717) is 0 Å². The maximum Gasteiger partial charge on any atom is 0.122 e. The van der Waals surface area contributed by atoms with Crippen LogP contribution in [0.1, 0.15) is 36.0 Å². The van der Waals surface area contributed by atoms with Crippen molar-refractivity contribution in [2.24, 2.45) is 5.73 Å². The van der Waals surface area contributed by atoms with Crippen LogP contribution in [0, 0.1) is 0 Å². The zero-order valence-corrected chi connectivity index (χ0v) is 10.1. The number of aryl methyl sites for hydroxylation is 1. The van der Waals surface area contributed by atoms with Crippen molar-refractivity contribution >= 4 is 0 Å². The molecule has 0 fully saturated rings. The van der Waals surface area contributed by atoms with Gasteiger partial charge in [-0.15, -0.1) is 0 Å². The molecule has 2 N–H and O–H groups in total. The molecule has 88 valence electrons. The lowest BCUT2D eigenvalue weighted by atomic mass is 9.86. The fourth-order valence-corrected chi connectivity index (χ4v) is 2.63. The van der Waals surface area contributed by atoms with Crippen LogP contribution in [-0.4, -0.2) is 13.7 Å². The van der Waals surface area contributed by atoms with Crippen molar-refractivity contribution in [1.29, 1.82) is 0 Å². The summed E-state index contributed by atoms with van der Waals surface area (Å²) in [6.07, 6.45) is 7.20. The first-order valence-electron chi connectivity index (χ1n) is 6.24. The van der Waals surface area contributed by atoms with Gasteiger partial charge in [0.05, 0.1) is 7.11 Å². The van der Waals surface area contributed by atoms with Gasteiger partial charge in [-0.25, -0.2) is 0 Å². The molecule has 0 aromatic heterocycles. The molecule has 1 aromatic rings. The van der Waals surface area contributed by atoms with Crippen LogP contribution >= 0.6 is 0 Å². The van der Waals surface area contributed by atoms with E-state index in [0.717, 1.165) is 25.1 Å². The molecule has 0 radical (unpaired) electrons. The van der Waals surface area contributed by atoms with Crippen LogP contribution < -0.4 is 10.5 Å². The average molecular weight is 219 g/mol. The maximum atomic E-state index is 5.60. The summed E-state index contributed by atoms with van der Waals surface area (Å²) < 4.78 is 5.47. The van der Waals surface area contributed by atoms with Gasteiger partial charge in [0.1, 0.15) is 5.75 Å². The summed E-state index contributed by atoms with van der Waals surface area (Å²) in [5, 5.41) is 0. The fraction of sp³-hybridized carbons (Fsp3) is 0.571. The molecule has 0 atom stereocenters. The van der Waals surface area contributed by atoms with Crippen LogP contribution in [0.25, 0.3) is 0 Å². The highest BCUT2D eigenvalue weighted by molar-refractivity contribution is 5.46. The summed E-state index contributed by atoms with van der Waals surface area (Å²) in [5.41, 5.74) is 10.1. The fourth-order valence-electron chi connectivity index (χ4n) is 2.63. The van der Waals surface area contributed by atoms with E-state index in [1.54, 1.807) is 12.7 Å². The van der Waals surface area contributed by atoms with Gasteiger partial charge in [0, 0.05) is 0 Å². The van der Waals surface area contributed by atoms with Crippen molar-refractivity contribution in [3.8, 4) is 5.75 Å². The van der Waals surface area contributed by atoms with Crippen LogP contribution in [0.15, 0.2) is 12.1 Å². The number of ether oxygens (including phenoxy) is 1. The zero-order valence-electron chi connectivity index (χ0n) is 10.1. The van der Waals surface area contributed by atoms with Gasteiger partial charge in [-0.2, -0.15) is 0 Å². The van der Waals surface area contributed by atoms with Gasteiger partial charge < -0.3 is 10.5 Å². The van der Waals surface area contributed by atoms with Crippen LogP contribution in [0.2, 0.25) is 0 Å². The van der Waals surface area contributed by atoms with E-state index >= 15 is 0 Å². The normalized spacial score (nSPS) is 14.6. The lowest BCUT2D eigenvalue weighted by Gasteiger charge is -2.21. The molecule has 2 heteroatoms. The molecule has 2 nitrogen and oxygen atoms in total. The number of benzene rings is 1. The molecule has 2 rings (SSSR count). The SMILES string of the molecule is COc1ccc2c(c1CCCN)CCCC2. The van der Waals surface area contributed by atoms with Crippen molar-refractivity contribution in [2.45, 2.75) is 38.5 Å². The molecule has 1 aliphatic carbocycles. The minimum absolute atomic E-state index is 0.757. The van der Waals surface area contributed by atoms with E-state index in [9.17, 15) is 0 Å². The van der Waals surface area contributed by atoms with Gasteiger partial charge in [0.15, 0.2) is 0 Å². The minimum Gasteiger partial charge on any atom is -0.496 e. The van der Waals surface area contributed by atoms with E-state index in [2.05, 4.69) is 12.1 Å². The van der Waals surface area contributed by atoms with Gasteiger partial charge in [0.25, 0.3) is 0 Å². The third-order valence-corrected chi connectivity index (χ3v) is 3.46. The molecular formula is C14H21NO. The first kappa shape index (κ1) is 11.5. The Balaban J connectivity index is 2.35. The van der Waals surface area contributed by atoms with Gasteiger partial charge in [0.2, 0.25) is 0 Å². The first-order valence-corrected chi connectivity index (χ1v) is 6.24. The summed E-state index contributed by atoms with van der Waals surface area (Å²) in [4.78, 5) is 0. The monoisotopic (exact) mass is 219 g/mol. The molecule has 16 heavy (non-hydrogen) atoms. The standard InChI is InChI=1S/C14H21NO/c1-16-14-9-8-11-5-2-3-6-12(11)13(14)7-4-10-15/h8-9H,2-7,10,15H2,1H3. The van der Waals surface area contributed by atoms with Gasteiger partial charge in [-0.3, -0.25) is 0 Å². The highest BCUT2D eigenvalue weighted by Gasteiger charge is 2.16. The summed E-state index contributed by atoms with van der Waals surface area (Å²) in [6, 6.07) is 4.36. The van der Waals surface area contributed by atoms with E-state index < -0.39 is 0 Å². The summed E-state index contributed by atoms with van der Waals surface area (Å²) in [5.74, 6) is 1.05. The maximum absolute atomic E-state index is 5.60. The van der Waals surface area contributed by atoms with Crippen molar-refractivity contribution in [1.82, 2.24) is 0 Å². The van der Waals surface area contributed by atoms with E-state index in [-0.39, 0.29) is 0 Å². The van der Waals surface area contributed by atoms with Crippen molar-refractivity contribution in [3.63, 3.8) is 0 Å². The summed E-state index contributed by atoms with van der Waals surface area (Å²) >= 11 is 0. The molecule has 1 aliphatic rings. The largest absolute Gasteiger partial charge is 0.496 e. The lowest BCUT2D eigenvalue weighted by molar-refractivity contribution is 0.407. The van der Waals surface area contributed by atoms with Crippen LogP contribution in [0.5, 0.6) is 5.75 Å². The van der Waals surface area contributed by atoms with Gasteiger partial charge >= 0.3 is 0 Å². The number of hydrogen-bond acceptors (Lipinski definition) is 2. The second-order valence-electron chi connectivity index (χ2n) is 4.48. The molecule has 0 heterocycles. The predicted octanol–water partition coefficient (Wildman–Crippen LogP) is 2.47. The number of nitrogens with two attached hydrogens (primary N) is 1. The Hall–Kier alpha value is -1.02. The highest BCUT2D eigenvalue weighted by Crippen LogP contribution is 2.31. The Labute approximate surface area is 97.8 Å². The molecule has 0 spiro atoms. The molecule has 0 amide bonds. The summed E-state index contributed by atoms with van der Waals surface area (Å²) in [7, 11) is 1.76. The molecule has 0 bridgehead atoms. The molecular weight excluding hydrogens is 198 g/mol. The first-order chi connectivity index (χ1) is 7.86. The predicted molar refractivity (Wildman–Crippen MR) is 67.0 cm³/mol. The van der Waals surface area contributed by atoms with E-state index in [4.69, 9.17) is 10.5 Å². The van der Waals surface area contributed by atoms with Crippen molar-refractivity contribution in [2.75, 3.05) is 13.7 Å². The molecule has 1 aromatic carbocycles. The quantitative estimate of drug-likeness (QED) is 0.844. The van der Waals surface area contributed by atoms with Crippen molar-refractivity contribution in [3.05, 3.63) is 28.8 Å². The smallest absolute Gasteiger partial charge is 0.122 e. The van der Waals surface area contributed by atoms with Crippen molar-refractivity contribution < 1.29 is 4.74 Å². The number of rotatable bonds is 4. The molecule has 0 saturated heterocycles. The van der Waals surface area contributed by atoms with Crippen LogP contribution in [0.3, 0.4) is 0 Å². The zero-order chi connectivity index (χ0) is 11.4. The highest BCUT2D eigenvalue weighted by atomic mass is 16.5. The Bertz CT molecular complexity index is 360. The van der Waals surface area contributed by atoms with Crippen LogP contribution in [-0.2, 0) is 19.3 Å². The topological polar surface area (TPSA) is 35.2 Å². The Morgan fingerprint density at radius 3 is 2.81 bits per heavy atom. The van der Waals surface area contributed by atoms with Gasteiger partial charge in [-0.1, -0.05) is 6.07 Å². The number of methoxy groups -OCH3 is 1. The Morgan fingerprint density at radius 2 is 2.06 bits per heavy atom.